The van der Waals surface area contributed by atoms with Gasteiger partial charge in [-0.05, 0) is 42.4 Å². The fraction of sp³-hybridized carbons (Fsp3) is 0.400. The zero-order valence-corrected chi connectivity index (χ0v) is 13.2. The number of halogens is 1. The monoisotopic (exact) mass is 321 g/mol. The number of nitrogens with one attached hydrogen (secondary N) is 1. The Morgan fingerprint density at radius 3 is 2.58 bits per heavy atom. The molecular weight excluding hydrogens is 302 g/mol. The molecule has 1 N–H and O–H groups in total. The number of hydrogen-bond acceptors (Lipinski definition) is 2. The minimum atomic E-state index is 0.305. The van der Waals surface area contributed by atoms with Gasteiger partial charge < -0.3 is 5.32 Å². The minimum Gasteiger partial charge on any atom is -0.313 e. The number of likely N-dealkylation sites (N-methyl/N-ethyl adjacent to an activating group) is 1. The van der Waals surface area contributed by atoms with Crippen LogP contribution in [0, 0.1) is 6.92 Å². The summed E-state index contributed by atoms with van der Waals surface area (Å²) < 4.78 is 3.21. The van der Waals surface area contributed by atoms with Gasteiger partial charge in [-0.15, -0.1) is 0 Å². The van der Waals surface area contributed by atoms with Crippen LogP contribution in [0.2, 0.25) is 0 Å². The molecule has 0 bridgehead atoms. The van der Waals surface area contributed by atoms with Crippen molar-refractivity contribution in [3.05, 3.63) is 51.8 Å². The van der Waals surface area contributed by atoms with Gasteiger partial charge in [0.05, 0.1) is 15.9 Å². The van der Waals surface area contributed by atoms with Crippen LogP contribution in [0.5, 0.6) is 0 Å². The molecule has 0 aliphatic carbocycles. The van der Waals surface area contributed by atoms with Crippen molar-refractivity contribution < 1.29 is 0 Å². The maximum atomic E-state index is 4.55. The Kier molecular flexibility index (Phi) is 4.77. The van der Waals surface area contributed by atoms with Crippen LogP contribution in [0.3, 0.4) is 0 Å². The molecule has 4 heteroatoms. The number of aromatic nitrogens is 2. The van der Waals surface area contributed by atoms with E-state index in [2.05, 4.69) is 62.2 Å². The highest BCUT2D eigenvalue weighted by Gasteiger charge is 2.17. The van der Waals surface area contributed by atoms with Crippen molar-refractivity contribution in [2.24, 2.45) is 0 Å². The van der Waals surface area contributed by atoms with Crippen molar-refractivity contribution >= 4 is 15.9 Å². The SMILES string of the molecule is CCn1nc(C)c(Br)c1CC(NC)c1ccccc1. The summed E-state index contributed by atoms with van der Waals surface area (Å²) >= 11 is 3.66. The van der Waals surface area contributed by atoms with Crippen LogP contribution in [-0.4, -0.2) is 16.8 Å². The van der Waals surface area contributed by atoms with Crippen molar-refractivity contribution in [2.75, 3.05) is 7.05 Å². The molecule has 1 atom stereocenters. The smallest absolute Gasteiger partial charge is 0.0738 e. The predicted molar refractivity (Wildman–Crippen MR) is 82.3 cm³/mol. The van der Waals surface area contributed by atoms with E-state index in [1.54, 1.807) is 0 Å². The first-order valence-electron chi connectivity index (χ1n) is 6.61. The lowest BCUT2D eigenvalue weighted by atomic mass is 10.0. The molecule has 0 aliphatic heterocycles. The van der Waals surface area contributed by atoms with Crippen molar-refractivity contribution in [2.45, 2.75) is 32.9 Å². The molecule has 0 aliphatic rings. The third kappa shape index (κ3) is 3.07. The first kappa shape index (κ1) is 14.3. The Morgan fingerprint density at radius 1 is 1.32 bits per heavy atom. The summed E-state index contributed by atoms with van der Waals surface area (Å²) in [5, 5.41) is 7.94. The first-order chi connectivity index (χ1) is 9.17. The summed E-state index contributed by atoms with van der Waals surface area (Å²) in [5.74, 6) is 0. The Bertz CT molecular complexity index is 534. The molecule has 1 unspecified atom stereocenters. The van der Waals surface area contributed by atoms with Crippen molar-refractivity contribution in [3.8, 4) is 0 Å². The Hall–Kier alpha value is -1.13. The zero-order valence-electron chi connectivity index (χ0n) is 11.7. The standard InChI is InChI=1S/C15H20BrN3/c1-4-19-14(15(16)11(2)18-19)10-13(17-3)12-8-6-5-7-9-12/h5-9,13,17H,4,10H2,1-3H3. The topological polar surface area (TPSA) is 29.9 Å². The van der Waals surface area contributed by atoms with Crippen LogP contribution in [0.4, 0.5) is 0 Å². The molecule has 2 aromatic rings. The molecule has 0 fully saturated rings. The molecular formula is C15H20BrN3. The maximum Gasteiger partial charge on any atom is 0.0738 e. The van der Waals surface area contributed by atoms with Gasteiger partial charge in [0.2, 0.25) is 0 Å². The highest BCUT2D eigenvalue weighted by atomic mass is 79.9. The van der Waals surface area contributed by atoms with Crippen LogP contribution >= 0.6 is 15.9 Å². The number of aryl methyl sites for hydroxylation is 2. The van der Waals surface area contributed by atoms with Crippen molar-refractivity contribution in [1.29, 1.82) is 0 Å². The number of rotatable bonds is 5. The normalized spacial score (nSPS) is 12.6. The van der Waals surface area contributed by atoms with Gasteiger partial charge in [0, 0.05) is 19.0 Å². The molecule has 102 valence electrons. The molecule has 0 spiro atoms. The van der Waals surface area contributed by atoms with E-state index in [1.807, 2.05) is 20.0 Å². The van der Waals surface area contributed by atoms with Gasteiger partial charge >= 0.3 is 0 Å². The van der Waals surface area contributed by atoms with E-state index in [-0.39, 0.29) is 0 Å². The van der Waals surface area contributed by atoms with E-state index in [4.69, 9.17) is 0 Å². The van der Waals surface area contributed by atoms with Gasteiger partial charge in [-0.2, -0.15) is 5.10 Å². The molecule has 0 saturated heterocycles. The maximum absolute atomic E-state index is 4.55. The predicted octanol–water partition coefficient (Wildman–Crippen LogP) is 3.48. The number of hydrogen-bond donors (Lipinski definition) is 1. The fourth-order valence-corrected chi connectivity index (χ4v) is 2.78. The van der Waals surface area contributed by atoms with Crippen LogP contribution in [0.1, 0.15) is 29.9 Å². The molecule has 0 saturated carbocycles. The molecule has 1 heterocycles. The average Bonchev–Trinajstić information content (AvgIpc) is 2.72. The van der Waals surface area contributed by atoms with Gasteiger partial charge in [-0.25, -0.2) is 0 Å². The van der Waals surface area contributed by atoms with Gasteiger partial charge in [0.15, 0.2) is 0 Å². The van der Waals surface area contributed by atoms with E-state index in [0.29, 0.717) is 6.04 Å². The molecule has 1 aromatic heterocycles. The highest BCUT2D eigenvalue weighted by molar-refractivity contribution is 9.10. The second-order valence-electron chi connectivity index (χ2n) is 4.62. The van der Waals surface area contributed by atoms with Crippen LogP contribution in [0.15, 0.2) is 34.8 Å². The van der Waals surface area contributed by atoms with Crippen LogP contribution in [0.25, 0.3) is 0 Å². The highest BCUT2D eigenvalue weighted by Crippen LogP contribution is 2.26. The Labute approximate surface area is 123 Å². The Balaban J connectivity index is 2.29. The van der Waals surface area contributed by atoms with Gasteiger partial charge in [-0.3, -0.25) is 4.68 Å². The van der Waals surface area contributed by atoms with E-state index in [0.717, 1.165) is 23.1 Å². The average molecular weight is 322 g/mol. The third-order valence-electron chi connectivity index (χ3n) is 3.40. The summed E-state index contributed by atoms with van der Waals surface area (Å²) in [6.07, 6.45) is 0.926. The summed E-state index contributed by atoms with van der Waals surface area (Å²) in [5.41, 5.74) is 3.61. The van der Waals surface area contributed by atoms with E-state index >= 15 is 0 Å². The summed E-state index contributed by atoms with van der Waals surface area (Å²) in [6.45, 7) is 5.06. The lowest BCUT2D eigenvalue weighted by molar-refractivity contribution is 0.540. The van der Waals surface area contributed by atoms with E-state index in [9.17, 15) is 0 Å². The molecule has 19 heavy (non-hydrogen) atoms. The molecule has 1 aromatic carbocycles. The fourth-order valence-electron chi connectivity index (χ4n) is 2.33. The van der Waals surface area contributed by atoms with E-state index < -0.39 is 0 Å². The quantitative estimate of drug-likeness (QED) is 0.913. The molecule has 3 nitrogen and oxygen atoms in total. The Morgan fingerprint density at radius 2 is 2.00 bits per heavy atom. The summed E-state index contributed by atoms with van der Waals surface area (Å²) in [6, 6.07) is 10.8. The van der Waals surface area contributed by atoms with Gasteiger partial charge in [-0.1, -0.05) is 30.3 Å². The van der Waals surface area contributed by atoms with Crippen molar-refractivity contribution in [1.82, 2.24) is 15.1 Å². The molecule has 2 rings (SSSR count). The van der Waals surface area contributed by atoms with Crippen molar-refractivity contribution in [3.63, 3.8) is 0 Å². The first-order valence-corrected chi connectivity index (χ1v) is 7.40. The summed E-state index contributed by atoms with van der Waals surface area (Å²) in [7, 11) is 2.01. The lowest BCUT2D eigenvalue weighted by Crippen LogP contribution is -2.20. The van der Waals surface area contributed by atoms with Crippen LogP contribution < -0.4 is 5.32 Å². The van der Waals surface area contributed by atoms with Gasteiger partial charge in [0.1, 0.15) is 0 Å². The molecule has 0 amide bonds. The lowest BCUT2D eigenvalue weighted by Gasteiger charge is -2.17. The van der Waals surface area contributed by atoms with Gasteiger partial charge in [0.25, 0.3) is 0 Å². The van der Waals surface area contributed by atoms with Crippen LogP contribution in [-0.2, 0) is 13.0 Å². The second-order valence-corrected chi connectivity index (χ2v) is 5.41. The molecule has 0 radical (unpaired) electrons. The largest absolute Gasteiger partial charge is 0.313 e. The number of benzene rings is 1. The second kappa shape index (κ2) is 6.35. The third-order valence-corrected chi connectivity index (χ3v) is 4.43. The zero-order chi connectivity index (χ0) is 13.8. The summed E-state index contributed by atoms with van der Waals surface area (Å²) in [4.78, 5) is 0. The van der Waals surface area contributed by atoms with E-state index in [1.165, 1.54) is 11.3 Å². The minimum absolute atomic E-state index is 0.305. The number of nitrogens with zero attached hydrogens (tertiary/aromatic N) is 2.